The summed E-state index contributed by atoms with van der Waals surface area (Å²) < 4.78 is 5.17. The van der Waals surface area contributed by atoms with Gasteiger partial charge in [-0.15, -0.1) is 0 Å². The Balaban J connectivity index is 2.00. The predicted molar refractivity (Wildman–Crippen MR) is 89.8 cm³/mol. The van der Waals surface area contributed by atoms with E-state index in [2.05, 4.69) is 10.6 Å². The van der Waals surface area contributed by atoms with Gasteiger partial charge in [-0.3, -0.25) is 9.59 Å². The van der Waals surface area contributed by atoms with E-state index in [-0.39, 0.29) is 11.8 Å². The van der Waals surface area contributed by atoms with Crippen molar-refractivity contribution in [1.29, 1.82) is 0 Å². The molecule has 0 aromatic heterocycles. The van der Waals surface area contributed by atoms with E-state index < -0.39 is 0 Å². The van der Waals surface area contributed by atoms with Gasteiger partial charge in [0.15, 0.2) is 0 Å². The van der Waals surface area contributed by atoms with Crippen LogP contribution in [-0.2, 0) is 11.2 Å². The number of methoxy groups -OCH3 is 1. The van der Waals surface area contributed by atoms with E-state index in [1.807, 2.05) is 30.3 Å². The number of hydrogen-bond donors (Lipinski definition) is 2. The minimum atomic E-state index is -0.218. The summed E-state index contributed by atoms with van der Waals surface area (Å²) in [7, 11) is 1.51. The molecule has 0 radical (unpaired) electrons. The fourth-order valence-electron chi connectivity index (χ4n) is 2.20. The van der Waals surface area contributed by atoms with Crippen molar-refractivity contribution in [2.75, 3.05) is 19.0 Å². The van der Waals surface area contributed by atoms with Gasteiger partial charge in [-0.05, 0) is 30.2 Å². The van der Waals surface area contributed by atoms with Crippen molar-refractivity contribution in [1.82, 2.24) is 5.32 Å². The highest BCUT2D eigenvalue weighted by molar-refractivity contribution is 5.97. The summed E-state index contributed by atoms with van der Waals surface area (Å²) >= 11 is 0. The number of ether oxygens (including phenoxy) is 1. The molecule has 0 heterocycles. The van der Waals surface area contributed by atoms with Crippen LogP contribution in [0.25, 0.3) is 0 Å². The lowest BCUT2D eigenvalue weighted by atomic mass is 10.1. The summed E-state index contributed by atoms with van der Waals surface area (Å²) in [6.07, 6.45) is 0.765. The Morgan fingerprint density at radius 1 is 1.09 bits per heavy atom. The minimum Gasteiger partial charge on any atom is -0.495 e. The number of nitrogens with one attached hydrogen (secondary N) is 2. The van der Waals surface area contributed by atoms with E-state index >= 15 is 0 Å². The zero-order chi connectivity index (χ0) is 16.7. The monoisotopic (exact) mass is 312 g/mol. The van der Waals surface area contributed by atoms with Crippen molar-refractivity contribution in [2.24, 2.45) is 0 Å². The highest BCUT2D eigenvalue weighted by Gasteiger charge is 2.11. The summed E-state index contributed by atoms with van der Waals surface area (Å²) in [6, 6.07) is 14.9. The van der Waals surface area contributed by atoms with E-state index in [0.717, 1.165) is 6.42 Å². The lowest BCUT2D eigenvalue weighted by molar-refractivity contribution is -0.114. The van der Waals surface area contributed by atoms with Gasteiger partial charge in [-0.1, -0.05) is 30.3 Å². The van der Waals surface area contributed by atoms with E-state index in [4.69, 9.17) is 4.74 Å². The average Bonchev–Trinajstić information content (AvgIpc) is 2.55. The van der Waals surface area contributed by atoms with Crippen LogP contribution in [0.4, 0.5) is 5.69 Å². The summed E-state index contributed by atoms with van der Waals surface area (Å²) in [5.41, 5.74) is 2.12. The quantitative estimate of drug-likeness (QED) is 0.861. The van der Waals surface area contributed by atoms with Gasteiger partial charge in [0.25, 0.3) is 5.91 Å². The first-order valence-corrected chi connectivity index (χ1v) is 7.38. The number of rotatable bonds is 6. The highest BCUT2D eigenvalue weighted by Crippen LogP contribution is 2.25. The summed E-state index contributed by atoms with van der Waals surface area (Å²) in [4.78, 5) is 23.4. The van der Waals surface area contributed by atoms with Crippen LogP contribution in [0.15, 0.2) is 48.5 Å². The first-order chi connectivity index (χ1) is 11.1. The molecule has 0 saturated carbocycles. The van der Waals surface area contributed by atoms with Gasteiger partial charge in [-0.25, -0.2) is 0 Å². The Bertz CT molecular complexity index is 684. The molecule has 23 heavy (non-hydrogen) atoms. The second-order valence-corrected chi connectivity index (χ2v) is 5.09. The van der Waals surface area contributed by atoms with Crippen molar-refractivity contribution in [3.63, 3.8) is 0 Å². The van der Waals surface area contributed by atoms with Gasteiger partial charge >= 0.3 is 0 Å². The first kappa shape index (κ1) is 16.5. The van der Waals surface area contributed by atoms with Crippen molar-refractivity contribution in [3.8, 4) is 5.75 Å². The largest absolute Gasteiger partial charge is 0.495 e. The number of carbonyl (C=O) groups excluding carboxylic acids is 2. The zero-order valence-corrected chi connectivity index (χ0v) is 13.3. The molecule has 2 aromatic rings. The molecule has 0 aliphatic rings. The SMILES string of the molecule is COc1ccc(C(=O)NCCc2ccccc2)cc1NC(C)=O. The molecule has 0 spiro atoms. The Kier molecular flexibility index (Phi) is 5.74. The number of hydrogen-bond acceptors (Lipinski definition) is 3. The van der Waals surface area contributed by atoms with Crippen LogP contribution in [0.2, 0.25) is 0 Å². The fraction of sp³-hybridized carbons (Fsp3) is 0.222. The number of anilines is 1. The molecule has 2 aromatic carbocycles. The smallest absolute Gasteiger partial charge is 0.251 e. The first-order valence-electron chi connectivity index (χ1n) is 7.38. The molecule has 5 nitrogen and oxygen atoms in total. The maximum atomic E-state index is 12.2. The van der Waals surface area contributed by atoms with Crippen molar-refractivity contribution >= 4 is 17.5 Å². The topological polar surface area (TPSA) is 67.4 Å². The normalized spacial score (nSPS) is 10.0. The van der Waals surface area contributed by atoms with Crippen molar-refractivity contribution in [2.45, 2.75) is 13.3 Å². The van der Waals surface area contributed by atoms with Gasteiger partial charge < -0.3 is 15.4 Å². The molecule has 2 N–H and O–H groups in total. The van der Waals surface area contributed by atoms with Crippen LogP contribution >= 0.6 is 0 Å². The fourth-order valence-corrected chi connectivity index (χ4v) is 2.20. The highest BCUT2D eigenvalue weighted by atomic mass is 16.5. The number of carbonyl (C=O) groups is 2. The molecule has 0 bridgehead atoms. The average molecular weight is 312 g/mol. The Hall–Kier alpha value is -2.82. The molecule has 0 atom stereocenters. The van der Waals surface area contributed by atoms with Gasteiger partial charge in [0.1, 0.15) is 5.75 Å². The lowest BCUT2D eigenvalue weighted by Gasteiger charge is -2.11. The zero-order valence-electron chi connectivity index (χ0n) is 13.3. The standard InChI is InChI=1S/C18H20N2O3/c1-13(21)20-16-12-15(8-9-17(16)23-2)18(22)19-11-10-14-6-4-3-5-7-14/h3-9,12H,10-11H2,1-2H3,(H,19,22)(H,20,21). The Morgan fingerprint density at radius 3 is 2.48 bits per heavy atom. The van der Waals surface area contributed by atoms with Gasteiger partial charge in [0.2, 0.25) is 5.91 Å². The number of amides is 2. The molecule has 0 aliphatic heterocycles. The molecule has 5 heteroatoms. The number of benzene rings is 2. The predicted octanol–water partition coefficient (Wildman–Crippen LogP) is 2.63. The van der Waals surface area contributed by atoms with E-state index in [9.17, 15) is 9.59 Å². The van der Waals surface area contributed by atoms with Crippen molar-refractivity contribution < 1.29 is 14.3 Å². The summed E-state index contributed by atoms with van der Waals surface area (Å²) in [6.45, 7) is 1.95. The maximum absolute atomic E-state index is 12.2. The molecule has 0 saturated heterocycles. The molecule has 0 aliphatic carbocycles. The van der Waals surface area contributed by atoms with E-state index in [1.54, 1.807) is 18.2 Å². The summed E-state index contributed by atoms with van der Waals surface area (Å²) in [5.74, 6) is 0.112. The molecular formula is C18H20N2O3. The van der Waals surface area contributed by atoms with Crippen LogP contribution in [-0.4, -0.2) is 25.5 Å². The Morgan fingerprint density at radius 2 is 1.83 bits per heavy atom. The van der Waals surface area contributed by atoms with Crippen LogP contribution in [0, 0.1) is 0 Å². The second kappa shape index (κ2) is 7.98. The third-order valence-corrected chi connectivity index (χ3v) is 3.31. The van der Waals surface area contributed by atoms with E-state index in [1.165, 1.54) is 19.6 Å². The second-order valence-electron chi connectivity index (χ2n) is 5.09. The Labute approximate surface area is 135 Å². The maximum Gasteiger partial charge on any atom is 0.251 e. The van der Waals surface area contributed by atoms with Crippen LogP contribution in [0.1, 0.15) is 22.8 Å². The van der Waals surface area contributed by atoms with Gasteiger partial charge in [-0.2, -0.15) is 0 Å². The van der Waals surface area contributed by atoms with Crippen LogP contribution in [0.3, 0.4) is 0 Å². The van der Waals surface area contributed by atoms with Crippen LogP contribution in [0.5, 0.6) is 5.75 Å². The van der Waals surface area contributed by atoms with Gasteiger partial charge in [0.05, 0.1) is 12.8 Å². The lowest BCUT2D eigenvalue weighted by Crippen LogP contribution is -2.25. The van der Waals surface area contributed by atoms with E-state index in [0.29, 0.717) is 23.5 Å². The molecule has 2 amide bonds. The van der Waals surface area contributed by atoms with Crippen LogP contribution < -0.4 is 15.4 Å². The molecular weight excluding hydrogens is 292 g/mol. The molecule has 0 unspecified atom stereocenters. The van der Waals surface area contributed by atoms with Gasteiger partial charge in [0, 0.05) is 19.0 Å². The molecule has 120 valence electrons. The third kappa shape index (κ3) is 4.85. The molecule has 2 rings (SSSR count). The summed E-state index contributed by atoms with van der Waals surface area (Å²) in [5, 5.41) is 5.53. The molecule has 0 fully saturated rings. The minimum absolute atomic E-state index is 0.185. The third-order valence-electron chi connectivity index (χ3n) is 3.31. The van der Waals surface area contributed by atoms with Crippen molar-refractivity contribution in [3.05, 3.63) is 59.7 Å².